The third kappa shape index (κ3) is 4.67. The first kappa shape index (κ1) is 19.6. The highest BCUT2D eigenvalue weighted by Gasteiger charge is 2.20. The summed E-state index contributed by atoms with van der Waals surface area (Å²) in [6.45, 7) is 7.63. The average Bonchev–Trinajstić information content (AvgIpc) is 2.59. The van der Waals surface area contributed by atoms with E-state index in [0.717, 1.165) is 5.57 Å². The minimum Gasteiger partial charge on any atom is -0.507 e. The molecule has 0 spiro atoms. The first-order valence-electron chi connectivity index (χ1n) is 8.41. The SMILES string of the molecule is C=C1OCC/C(C)=C\C(=O)[C@@H](C)[C@@H](O)C/C=C/c2cc(N=O)cc(O)c21. The normalized spacial score (nSPS) is 25.3. The van der Waals surface area contributed by atoms with Crippen molar-refractivity contribution in [1.29, 1.82) is 0 Å². The summed E-state index contributed by atoms with van der Waals surface area (Å²) >= 11 is 0. The Hall–Kier alpha value is -2.73. The van der Waals surface area contributed by atoms with Gasteiger partial charge in [0.25, 0.3) is 0 Å². The minimum atomic E-state index is -0.838. The Balaban J connectivity index is 2.44. The number of allylic oxidation sites excluding steroid dienone is 1. The Morgan fingerprint density at radius 2 is 2.08 bits per heavy atom. The molecule has 0 aromatic heterocycles. The topological polar surface area (TPSA) is 96.2 Å². The van der Waals surface area contributed by atoms with Gasteiger partial charge < -0.3 is 14.9 Å². The van der Waals surface area contributed by atoms with Crippen molar-refractivity contribution in [2.45, 2.75) is 32.8 Å². The van der Waals surface area contributed by atoms with Gasteiger partial charge in [-0.1, -0.05) is 31.2 Å². The molecule has 1 aliphatic heterocycles. The van der Waals surface area contributed by atoms with Crippen LogP contribution in [0.2, 0.25) is 0 Å². The van der Waals surface area contributed by atoms with Gasteiger partial charge in [-0.05, 0) is 36.2 Å². The molecule has 6 nitrogen and oxygen atoms in total. The van der Waals surface area contributed by atoms with Crippen molar-refractivity contribution in [3.8, 4) is 5.75 Å². The number of carbonyl (C=O) groups excluding carboxylic acids is 1. The van der Waals surface area contributed by atoms with Crippen LogP contribution >= 0.6 is 0 Å². The van der Waals surface area contributed by atoms with Crippen LogP contribution in [0.1, 0.15) is 37.8 Å². The predicted octanol–water partition coefficient (Wildman–Crippen LogP) is 4.10. The summed E-state index contributed by atoms with van der Waals surface area (Å²) < 4.78 is 5.62. The number of phenolic OH excluding ortho intramolecular Hbond substituents is 1. The zero-order chi connectivity index (χ0) is 19.3. The second-order valence-electron chi connectivity index (χ2n) is 6.43. The number of ether oxygens (including phenoxy) is 1. The van der Waals surface area contributed by atoms with Gasteiger partial charge in [0.05, 0.1) is 18.3 Å². The Kier molecular flexibility index (Phi) is 6.46. The zero-order valence-corrected chi connectivity index (χ0v) is 14.9. The van der Waals surface area contributed by atoms with E-state index >= 15 is 0 Å². The molecule has 6 heteroatoms. The van der Waals surface area contributed by atoms with E-state index in [-0.39, 0.29) is 36.0 Å². The number of nitrogens with zero attached hydrogens (tertiary/aromatic N) is 1. The zero-order valence-electron chi connectivity index (χ0n) is 14.9. The highest BCUT2D eigenvalue weighted by atomic mass is 16.5. The predicted molar refractivity (Wildman–Crippen MR) is 101 cm³/mol. The number of aliphatic hydroxyl groups is 1. The summed E-state index contributed by atoms with van der Waals surface area (Å²) in [5, 5.41) is 23.3. The Labute approximate surface area is 152 Å². The molecule has 1 aromatic carbocycles. The van der Waals surface area contributed by atoms with Crippen LogP contribution in [-0.2, 0) is 9.53 Å². The van der Waals surface area contributed by atoms with Crippen molar-refractivity contribution in [3.63, 3.8) is 0 Å². The molecule has 1 aromatic rings. The van der Waals surface area contributed by atoms with Crippen LogP contribution in [0, 0.1) is 10.8 Å². The van der Waals surface area contributed by atoms with Crippen LogP contribution in [0.25, 0.3) is 11.8 Å². The van der Waals surface area contributed by atoms with Gasteiger partial charge in [-0.25, -0.2) is 0 Å². The molecule has 0 amide bonds. The molecule has 0 bridgehead atoms. The number of carbonyl (C=O) groups is 1. The van der Waals surface area contributed by atoms with Crippen molar-refractivity contribution in [3.05, 3.63) is 52.5 Å². The summed E-state index contributed by atoms with van der Waals surface area (Å²) in [7, 11) is 0. The third-order valence-corrected chi connectivity index (χ3v) is 4.38. The molecule has 0 fully saturated rings. The molecule has 26 heavy (non-hydrogen) atoms. The number of aromatic hydroxyl groups is 1. The molecule has 138 valence electrons. The van der Waals surface area contributed by atoms with E-state index in [2.05, 4.69) is 11.8 Å². The van der Waals surface area contributed by atoms with Gasteiger partial charge in [-0.15, -0.1) is 4.91 Å². The lowest BCUT2D eigenvalue weighted by Gasteiger charge is -2.17. The maximum Gasteiger partial charge on any atom is 0.161 e. The Morgan fingerprint density at radius 3 is 2.77 bits per heavy atom. The van der Waals surface area contributed by atoms with Crippen LogP contribution in [0.5, 0.6) is 5.75 Å². The lowest BCUT2D eigenvalue weighted by molar-refractivity contribution is -0.120. The maximum atomic E-state index is 12.2. The standard InChI is InChI=1S/C20H23NO5/c1-12-7-8-26-14(3)20-15(10-16(21-25)11-19(20)24)5-4-6-17(22)13(2)18(23)9-12/h4-5,9-11,13,17,22,24H,3,6-8H2,1-2H3/b5-4+,12-9-/t13-,17-/m0/s1. The number of hydrogen-bond acceptors (Lipinski definition) is 6. The van der Waals surface area contributed by atoms with Gasteiger partial charge in [0.15, 0.2) is 5.78 Å². The van der Waals surface area contributed by atoms with Gasteiger partial charge in [0.2, 0.25) is 0 Å². The minimum absolute atomic E-state index is 0.0719. The highest BCUT2D eigenvalue weighted by molar-refractivity contribution is 5.92. The number of fused-ring (bicyclic) bond motifs is 1. The Bertz CT molecular complexity index is 779. The van der Waals surface area contributed by atoms with Crippen molar-refractivity contribution in [2.75, 3.05) is 6.61 Å². The van der Waals surface area contributed by atoms with E-state index in [0.29, 0.717) is 17.5 Å². The van der Waals surface area contributed by atoms with Gasteiger partial charge in [0, 0.05) is 18.4 Å². The molecule has 2 atom stereocenters. The molecule has 0 radical (unpaired) electrons. The summed E-state index contributed by atoms with van der Waals surface area (Å²) in [4.78, 5) is 23.0. The maximum absolute atomic E-state index is 12.2. The highest BCUT2D eigenvalue weighted by Crippen LogP contribution is 2.34. The number of phenols is 1. The van der Waals surface area contributed by atoms with Gasteiger partial charge in [0.1, 0.15) is 17.2 Å². The first-order valence-corrected chi connectivity index (χ1v) is 8.41. The van der Waals surface area contributed by atoms with Crippen LogP contribution in [0.15, 0.2) is 41.6 Å². The second kappa shape index (κ2) is 8.58. The third-order valence-electron chi connectivity index (χ3n) is 4.38. The van der Waals surface area contributed by atoms with Crippen LogP contribution in [0.4, 0.5) is 5.69 Å². The fourth-order valence-electron chi connectivity index (χ4n) is 2.70. The van der Waals surface area contributed by atoms with E-state index in [1.165, 1.54) is 18.2 Å². The molecular weight excluding hydrogens is 334 g/mol. The van der Waals surface area contributed by atoms with Crippen molar-refractivity contribution in [1.82, 2.24) is 0 Å². The van der Waals surface area contributed by atoms with E-state index in [9.17, 15) is 19.9 Å². The molecule has 0 unspecified atom stereocenters. The number of aliphatic hydroxyl groups excluding tert-OH is 1. The van der Waals surface area contributed by atoms with Crippen molar-refractivity contribution >= 4 is 23.3 Å². The number of hydrogen-bond donors (Lipinski definition) is 2. The summed E-state index contributed by atoms with van der Waals surface area (Å²) in [5.74, 6) is -0.575. The Morgan fingerprint density at radius 1 is 1.35 bits per heavy atom. The van der Waals surface area contributed by atoms with E-state index < -0.39 is 12.0 Å². The summed E-state index contributed by atoms with van der Waals surface area (Å²) in [6.07, 6.45) is 4.76. The fraction of sp³-hybridized carbons (Fsp3) is 0.350. The summed E-state index contributed by atoms with van der Waals surface area (Å²) in [6, 6.07) is 2.75. The van der Waals surface area contributed by atoms with Gasteiger partial charge in [-0.3, -0.25) is 4.79 Å². The average molecular weight is 357 g/mol. The molecule has 0 saturated heterocycles. The number of rotatable bonds is 1. The van der Waals surface area contributed by atoms with E-state index in [4.69, 9.17) is 4.74 Å². The van der Waals surface area contributed by atoms with Crippen LogP contribution in [-0.4, -0.2) is 28.7 Å². The van der Waals surface area contributed by atoms with Crippen LogP contribution < -0.4 is 0 Å². The molecule has 0 aliphatic carbocycles. The van der Waals surface area contributed by atoms with Crippen molar-refractivity contribution in [2.24, 2.45) is 11.1 Å². The molecule has 0 saturated carbocycles. The molecule has 2 N–H and O–H groups in total. The molecule has 1 heterocycles. The smallest absolute Gasteiger partial charge is 0.161 e. The van der Waals surface area contributed by atoms with Gasteiger partial charge in [-0.2, -0.15) is 0 Å². The number of ketones is 1. The fourth-order valence-corrected chi connectivity index (χ4v) is 2.70. The quantitative estimate of drug-likeness (QED) is 0.738. The largest absolute Gasteiger partial charge is 0.507 e. The number of nitroso groups, excluding NO2 is 1. The van der Waals surface area contributed by atoms with Crippen LogP contribution in [0.3, 0.4) is 0 Å². The molecule has 1 aliphatic rings. The summed E-state index contributed by atoms with van der Waals surface area (Å²) in [5.41, 5.74) is 1.77. The van der Waals surface area contributed by atoms with Crippen molar-refractivity contribution < 1.29 is 19.7 Å². The van der Waals surface area contributed by atoms with E-state index in [1.807, 2.05) is 6.92 Å². The second-order valence-corrected chi connectivity index (χ2v) is 6.43. The molecule has 2 rings (SSSR count). The monoisotopic (exact) mass is 357 g/mol. The lowest BCUT2D eigenvalue weighted by atomic mass is 9.94. The number of benzene rings is 1. The van der Waals surface area contributed by atoms with Gasteiger partial charge >= 0.3 is 0 Å². The lowest BCUT2D eigenvalue weighted by Crippen LogP contribution is -2.24. The van der Waals surface area contributed by atoms with E-state index in [1.54, 1.807) is 19.1 Å². The molecular formula is C20H23NO5. The first-order chi connectivity index (χ1) is 12.3.